The highest BCUT2D eigenvalue weighted by molar-refractivity contribution is 7.17. The summed E-state index contributed by atoms with van der Waals surface area (Å²) in [5.41, 5.74) is 10.1. The van der Waals surface area contributed by atoms with Crippen LogP contribution in [0.5, 0.6) is 0 Å². The third kappa shape index (κ3) is 3.79. The number of rotatable bonds is 3. The maximum Gasteiger partial charge on any atom is 0.153 e. The Balaban J connectivity index is 2.28. The number of aliphatic hydroxyl groups excluding tert-OH is 1. The Morgan fingerprint density at radius 1 is 1.33 bits per heavy atom. The van der Waals surface area contributed by atoms with Crippen molar-refractivity contribution in [2.45, 2.75) is 45.7 Å². The van der Waals surface area contributed by atoms with Gasteiger partial charge in [0.1, 0.15) is 11.2 Å². The molecule has 1 aromatic heterocycles. The van der Waals surface area contributed by atoms with Gasteiger partial charge in [-0.1, -0.05) is 23.7 Å². The number of fused-ring (bicyclic) bond motifs is 1. The number of benzene rings is 1. The van der Waals surface area contributed by atoms with E-state index in [0.29, 0.717) is 5.02 Å². The lowest BCUT2D eigenvalue weighted by Gasteiger charge is -2.31. The maximum absolute atomic E-state index is 9.54. The highest BCUT2D eigenvalue weighted by Crippen LogP contribution is 2.40. The summed E-state index contributed by atoms with van der Waals surface area (Å²) in [5, 5.41) is 28.8. The van der Waals surface area contributed by atoms with Crippen LogP contribution in [0, 0.1) is 19.3 Å². The van der Waals surface area contributed by atoms with Crippen molar-refractivity contribution in [1.82, 2.24) is 0 Å². The second-order valence-corrected chi connectivity index (χ2v) is 8.32. The summed E-state index contributed by atoms with van der Waals surface area (Å²) in [6.45, 7) is 5.74. The lowest BCUT2D eigenvalue weighted by molar-refractivity contribution is -0.0502. The van der Waals surface area contributed by atoms with Gasteiger partial charge in [-0.05, 0) is 38.5 Å². The Kier molecular flexibility index (Phi) is 5.69. The second kappa shape index (κ2) is 7.69. The van der Waals surface area contributed by atoms with E-state index in [4.69, 9.17) is 27.7 Å². The number of aryl methyl sites for hydroxylation is 1. The van der Waals surface area contributed by atoms with Gasteiger partial charge in [-0.15, -0.1) is 11.3 Å². The highest BCUT2D eigenvalue weighted by Gasteiger charge is 2.35. The number of aliphatic hydroxyl groups is 2. The molecule has 8 heteroatoms. The molecule has 0 spiro atoms. The molecule has 0 saturated heterocycles. The molecule has 1 aliphatic rings. The minimum Gasteiger partial charge on any atom is -0.368 e. The van der Waals surface area contributed by atoms with Gasteiger partial charge >= 0.3 is 0 Å². The summed E-state index contributed by atoms with van der Waals surface area (Å²) in [6, 6.07) is 6.79. The molecule has 2 heterocycles. The van der Waals surface area contributed by atoms with E-state index in [1.165, 1.54) is 0 Å². The molecule has 0 saturated carbocycles. The second-order valence-electron chi connectivity index (χ2n) is 6.68. The predicted molar refractivity (Wildman–Crippen MR) is 111 cm³/mol. The van der Waals surface area contributed by atoms with Crippen molar-refractivity contribution in [3.05, 3.63) is 50.9 Å². The minimum absolute atomic E-state index is 0.0188. The number of hydrogen-bond acceptors (Lipinski definition) is 6. The molecule has 5 N–H and O–H groups in total. The van der Waals surface area contributed by atoms with Crippen molar-refractivity contribution in [3.63, 3.8) is 0 Å². The van der Waals surface area contributed by atoms with Crippen molar-refractivity contribution in [2.24, 2.45) is 10.7 Å². The van der Waals surface area contributed by atoms with Crippen LogP contribution in [0.2, 0.25) is 5.02 Å². The molecule has 0 aliphatic carbocycles. The molecule has 0 amide bonds. The average Bonchev–Trinajstić information content (AvgIpc) is 2.80. The first-order valence-corrected chi connectivity index (χ1v) is 9.80. The summed E-state index contributed by atoms with van der Waals surface area (Å²) in [7, 11) is 0. The molecule has 2 aromatic rings. The van der Waals surface area contributed by atoms with E-state index < -0.39 is 18.5 Å². The zero-order chi connectivity index (χ0) is 19.9. The van der Waals surface area contributed by atoms with E-state index in [0.717, 1.165) is 32.3 Å². The number of nitrogens with zero attached hydrogens (tertiary/aromatic N) is 2. The van der Waals surface area contributed by atoms with Gasteiger partial charge in [-0.3, -0.25) is 10.4 Å². The quantitative estimate of drug-likeness (QED) is 0.357. The van der Waals surface area contributed by atoms with Gasteiger partial charge in [0.05, 0.1) is 17.6 Å². The normalized spacial score (nSPS) is 19.7. The number of amidine groups is 1. The van der Waals surface area contributed by atoms with Crippen LogP contribution in [0.15, 0.2) is 29.3 Å². The molecule has 1 aliphatic heterocycles. The van der Waals surface area contributed by atoms with Crippen LogP contribution < -0.4 is 10.6 Å². The number of nitrogens with two attached hydrogens (primary N) is 1. The predicted octanol–water partition coefficient (Wildman–Crippen LogP) is 3.03. The average molecular weight is 407 g/mol. The van der Waals surface area contributed by atoms with E-state index in [-0.39, 0.29) is 12.3 Å². The minimum atomic E-state index is -1.54. The summed E-state index contributed by atoms with van der Waals surface area (Å²) in [4.78, 5) is 7.70. The SMILES string of the molecule is CC(=N)N1c2sc(C)c(C)c2C(c2ccc(Cl)cc2)=N[C@@H](CC(O)O)C1N. The number of thiophene rings is 1. The zero-order valence-electron chi connectivity index (χ0n) is 15.4. The first-order valence-electron chi connectivity index (χ1n) is 8.61. The first-order chi connectivity index (χ1) is 12.7. The van der Waals surface area contributed by atoms with Gasteiger partial charge in [0.2, 0.25) is 0 Å². The van der Waals surface area contributed by atoms with Crippen molar-refractivity contribution in [3.8, 4) is 0 Å². The van der Waals surface area contributed by atoms with E-state index in [9.17, 15) is 10.2 Å². The third-order valence-corrected chi connectivity index (χ3v) is 6.20. The zero-order valence-corrected chi connectivity index (χ0v) is 17.0. The highest BCUT2D eigenvalue weighted by atomic mass is 35.5. The molecule has 144 valence electrons. The van der Waals surface area contributed by atoms with Gasteiger partial charge in [0.25, 0.3) is 0 Å². The van der Waals surface area contributed by atoms with Gasteiger partial charge in [0, 0.05) is 27.4 Å². The Morgan fingerprint density at radius 2 is 1.96 bits per heavy atom. The van der Waals surface area contributed by atoms with E-state index in [2.05, 4.69) is 0 Å². The number of anilines is 1. The van der Waals surface area contributed by atoms with Crippen LogP contribution in [0.3, 0.4) is 0 Å². The summed E-state index contributed by atoms with van der Waals surface area (Å²) in [6.07, 6.45) is -2.23. The fraction of sp³-hybridized carbons (Fsp3) is 0.368. The van der Waals surface area contributed by atoms with Crippen LogP contribution in [0.4, 0.5) is 5.00 Å². The molecule has 1 aromatic carbocycles. The lowest BCUT2D eigenvalue weighted by Crippen LogP contribution is -2.51. The third-order valence-electron chi connectivity index (χ3n) is 4.74. The maximum atomic E-state index is 9.54. The summed E-state index contributed by atoms with van der Waals surface area (Å²) in [5.74, 6) is 0.287. The molecular formula is C19H23ClN4O2S. The van der Waals surface area contributed by atoms with E-state index in [1.54, 1.807) is 35.3 Å². The molecule has 0 radical (unpaired) electrons. The number of nitrogens with one attached hydrogen (secondary N) is 1. The molecule has 27 heavy (non-hydrogen) atoms. The van der Waals surface area contributed by atoms with Crippen LogP contribution in [0.25, 0.3) is 0 Å². The standard InChI is InChI=1S/C19H23ClN4O2S/c1-9-10(2)27-19-16(9)17(12-4-6-13(20)7-5-12)23-14(8-15(25)26)18(22)24(19)11(3)21/h4-7,14-15,18,21,25-26H,8,22H2,1-3H3/t14-,18?/m0/s1. The van der Waals surface area contributed by atoms with Crippen LogP contribution in [-0.4, -0.2) is 40.3 Å². The first kappa shape index (κ1) is 20.0. The topological polar surface area (TPSA) is 106 Å². The van der Waals surface area contributed by atoms with Gasteiger partial charge in [0.15, 0.2) is 6.29 Å². The van der Waals surface area contributed by atoms with Crippen LogP contribution in [-0.2, 0) is 0 Å². The summed E-state index contributed by atoms with van der Waals surface area (Å²) >= 11 is 7.61. The van der Waals surface area contributed by atoms with Gasteiger partial charge in [-0.2, -0.15) is 0 Å². The Hall–Kier alpha value is -1.77. The molecule has 3 rings (SSSR count). The molecular weight excluding hydrogens is 384 g/mol. The number of aliphatic imine (C=N–C) groups is 1. The smallest absolute Gasteiger partial charge is 0.153 e. The molecule has 0 bridgehead atoms. The number of hydrogen-bond donors (Lipinski definition) is 4. The Labute approximate surface area is 167 Å². The Morgan fingerprint density at radius 3 is 2.52 bits per heavy atom. The van der Waals surface area contributed by atoms with Crippen molar-refractivity contribution < 1.29 is 10.2 Å². The molecule has 1 unspecified atom stereocenters. The van der Waals surface area contributed by atoms with Gasteiger partial charge in [-0.25, -0.2) is 0 Å². The van der Waals surface area contributed by atoms with E-state index >= 15 is 0 Å². The van der Waals surface area contributed by atoms with Crippen molar-refractivity contribution in [1.29, 1.82) is 5.41 Å². The summed E-state index contributed by atoms with van der Waals surface area (Å²) < 4.78 is 0. The Bertz CT molecular complexity index is 892. The lowest BCUT2D eigenvalue weighted by atomic mass is 9.99. The van der Waals surface area contributed by atoms with E-state index in [1.807, 2.05) is 26.0 Å². The van der Waals surface area contributed by atoms with Crippen LogP contribution >= 0.6 is 22.9 Å². The molecule has 2 atom stereocenters. The molecule has 0 fully saturated rings. The van der Waals surface area contributed by atoms with Crippen LogP contribution in [0.1, 0.15) is 34.9 Å². The van der Waals surface area contributed by atoms with Crippen molar-refractivity contribution in [2.75, 3.05) is 4.90 Å². The number of halogens is 1. The monoisotopic (exact) mass is 406 g/mol. The molecule has 6 nitrogen and oxygen atoms in total. The van der Waals surface area contributed by atoms with Gasteiger partial charge < -0.3 is 20.8 Å². The van der Waals surface area contributed by atoms with Crippen molar-refractivity contribution >= 4 is 39.5 Å². The largest absolute Gasteiger partial charge is 0.368 e. The fourth-order valence-electron chi connectivity index (χ4n) is 3.28. The fourth-order valence-corrected chi connectivity index (χ4v) is 4.66.